The highest BCUT2D eigenvalue weighted by atomic mass is 32.1. The molecule has 0 aliphatic carbocycles. The maximum absolute atomic E-state index is 11.8. The number of hydrogen-bond acceptors (Lipinski definition) is 4. The number of anilines is 1. The van der Waals surface area contributed by atoms with Gasteiger partial charge in [-0.05, 0) is 18.9 Å². The number of hydrogen-bond donors (Lipinski definition) is 2. The van der Waals surface area contributed by atoms with Crippen LogP contribution in [0.2, 0.25) is 0 Å². The summed E-state index contributed by atoms with van der Waals surface area (Å²) in [4.78, 5) is 26.9. The zero-order valence-electron chi connectivity index (χ0n) is 10.3. The summed E-state index contributed by atoms with van der Waals surface area (Å²) in [6.45, 7) is 3.94. The molecule has 1 amide bonds. The maximum atomic E-state index is 11.8. The monoisotopic (exact) mass is 268 g/mol. The summed E-state index contributed by atoms with van der Waals surface area (Å²) in [5.74, 6) is -1.05. The van der Waals surface area contributed by atoms with Crippen LogP contribution in [0.4, 0.5) is 5.13 Å². The minimum absolute atomic E-state index is 0.00749. The lowest BCUT2D eigenvalue weighted by Gasteiger charge is -2.10. The van der Waals surface area contributed by atoms with E-state index in [1.165, 1.54) is 23.6 Å². The van der Waals surface area contributed by atoms with Crippen molar-refractivity contribution in [1.29, 1.82) is 0 Å². The highest BCUT2D eigenvalue weighted by Gasteiger charge is 2.15. The Kier molecular flexibility index (Phi) is 5.51. The predicted octanol–water partition coefficient (Wildman–Crippen LogP) is 2.62. The number of carboxylic acid groups (broad SMARTS) is 1. The average molecular weight is 268 g/mol. The van der Waals surface area contributed by atoms with Crippen molar-refractivity contribution in [3.8, 4) is 0 Å². The van der Waals surface area contributed by atoms with Crippen LogP contribution in [0.1, 0.15) is 31.6 Å². The molecule has 98 valence electrons. The molecule has 18 heavy (non-hydrogen) atoms. The first kappa shape index (κ1) is 14.4. The molecule has 0 unspecified atom stereocenters. The number of aromatic nitrogens is 1. The highest BCUT2D eigenvalue weighted by molar-refractivity contribution is 7.16. The smallest absolute Gasteiger partial charge is 0.328 e. The van der Waals surface area contributed by atoms with Crippen molar-refractivity contribution in [2.24, 2.45) is 5.92 Å². The molecular formula is C12H16N2O3S. The van der Waals surface area contributed by atoms with Crippen LogP contribution in [-0.2, 0) is 9.59 Å². The standard InChI is InChI=1S/C12H16N2O3S/c1-3-8(4-2)11(17)14-12-13-7-9(18-12)5-6-10(15)16/h5-8H,3-4H2,1-2H3,(H,15,16)(H,13,14,17)/b6-5+. The number of amides is 1. The van der Waals surface area contributed by atoms with Crippen LogP contribution in [0.5, 0.6) is 0 Å². The number of thiazole rings is 1. The molecule has 0 aliphatic heterocycles. The molecule has 5 nitrogen and oxygen atoms in total. The van der Waals surface area contributed by atoms with E-state index in [-0.39, 0.29) is 11.8 Å². The summed E-state index contributed by atoms with van der Waals surface area (Å²) in [5.41, 5.74) is 0. The van der Waals surface area contributed by atoms with Gasteiger partial charge >= 0.3 is 5.97 Å². The molecule has 0 spiro atoms. The van der Waals surface area contributed by atoms with Crippen LogP contribution in [0.25, 0.3) is 6.08 Å². The van der Waals surface area contributed by atoms with E-state index < -0.39 is 5.97 Å². The fraction of sp³-hybridized carbons (Fsp3) is 0.417. The van der Waals surface area contributed by atoms with E-state index in [2.05, 4.69) is 10.3 Å². The molecule has 1 aromatic rings. The van der Waals surface area contributed by atoms with Crippen molar-refractivity contribution in [3.63, 3.8) is 0 Å². The lowest BCUT2D eigenvalue weighted by Crippen LogP contribution is -2.21. The van der Waals surface area contributed by atoms with Crippen molar-refractivity contribution in [1.82, 2.24) is 4.98 Å². The molecule has 0 saturated heterocycles. The van der Waals surface area contributed by atoms with E-state index in [1.807, 2.05) is 13.8 Å². The zero-order valence-corrected chi connectivity index (χ0v) is 11.2. The lowest BCUT2D eigenvalue weighted by atomic mass is 10.0. The van der Waals surface area contributed by atoms with Gasteiger partial charge in [-0.15, -0.1) is 0 Å². The zero-order chi connectivity index (χ0) is 13.5. The molecular weight excluding hydrogens is 252 g/mol. The largest absolute Gasteiger partial charge is 0.478 e. The van der Waals surface area contributed by atoms with E-state index >= 15 is 0 Å². The number of aliphatic carboxylic acids is 1. The van der Waals surface area contributed by atoms with Crippen molar-refractivity contribution in [3.05, 3.63) is 17.2 Å². The van der Waals surface area contributed by atoms with E-state index in [0.29, 0.717) is 10.0 Å². The fourth-order valence-electron chi connectivity index (χ4n) is 1.44. The normalized spacial score (nSPS) is 11.1. The summed E-state index contributed by atoms with van der Waals surface area (Å²) in [7, 11) is 0. The molecule has 0 atom stereocenters. The molecule has 0 aromatic carbocycles. The molecule has 1 aromatic heterocycles. The molecule has 0 saturated carbocycles. The Morgan fingerprint density at radius 1 is 1.50 bits per heavy atom. The minimum atomic E-state index is -1.01. The van der Waals surface area contributed by atoms with Crippen molar-refractivity contribution in [2.75, 3.05) is 5.32 Å². The van der Waals surface area contributed by atoms with E-state index in [1.54, 1.807) is 0 Å². The van der Waals surface area contributed by atoms with E-state index in [4.69, 9.17) is 5.11 Å². The van der Waals surface area contributed by atoms with Crippen LogP contribution >= 0.6 is 11.3 Å². The summed E-state index contributed by atoms with van der Waals surface area (Å²) in [6, 6.07) is 0. The molecule has 0 bridgehead atoms. The first-order valence-electron chi connectivity index (χ1n) is 5.74. The van der Waals surface area contributed by atoms with Gasteiger partial charge in [-0.3, -0.25) is 4.79 Å². The second kappa shape index (κ2) is 6.90. The minimum Gasteiger partial charge on any atom is -0.478 e. The van der Waals surface area contributed by atoms with Crippen molar-refractivity contribution >= 4 is 34.4 Å². The number of nitrogens with one attached hydrogen (secondary N) is 1. The summed E-state index contributed by atoms with van der Waals surface area (Å²) >= 11 is 1.25. The van der Waals surface area contributed by atoms with Crippen LogP contribution < -0.4 is 5.32 Å². The van der Waals surface area contributed by atoms with Gasteiger partial charge in [0.05, 0.1) is 0 Å². The van der Waals surface area contributed by atoms with Gasteiger partial charge in [0.2, 0.25) is 5.91 Å². The molecule has 0 fully saturated rings. The topological polar surface area (TPSA) is 79.3 Å². The van der Waals surface area contributed by atoms with Gasteiger partial charge in [-0.2, -0.15) is 0 Å². The van der Waals surface area contributed by atoms with Gasteiger partial charge in [-0.1, -0.05) is 25.2 Å². The summed E-state index contributed by atoms with van der Waals surface area (Å²) in [6.07, 6.45) is 5.61. The number of carboxylic acids is 1. The van der Waals surface area contributed by atoms with Gasteiger partial charge in [-0.25, -0.2) is 9.78 Å². The molecule has 0 aliphatic rings. The predicted molar refractivity (Wildman–Crippen MR) is 71.5 cm³/mol. The second-order valence-electron chi connectivity index (χ2n) is 3.74. The van der Waals surface area contributed by atoms with Crippen LogP contribution in [0.3, 0.4) is 0 Å². The number of rotatable bonds is 6. The third-order valence-corrected chi connectivity index (χ3v) is 3.38. The quantitative estimate of drug-likeness (QED) is 0.777. The van der Waals surface area contributed by atoms with Crippen molar-refractivity contribution in [2.45, 2.75) is 26.7 Å². The van der Waals surface area contributed by atoms with Gasteiger partial charge < -0.3 is 10.4 Å². The third-order valence-electron chi connectivity index (χ3n) is 2.50. The molecule has 6 heteroatoms. The molecule has 0 radical (unpaired) electrons. The van der Waals surface area contributed by atoms with Crippen LogP contribution in [0, 0.1) is 5.92 Å². The van der Waals surface area contributed by atoms with E-state index in [9.17, 15) is 9.59 Å². The molecule has 2 N–H and O–H groups in total. The Morgan fingerprint density at radius 2 is 2.17 bits per heavy atom. The van der Waals surface area contributed by atoms with E-state index in [0.717, 1.165) is 18.9 Å². The number of nitrogens with zero attached hydrogens (tertiary/aromatic N) is 1. The average Bonchev–Trinajstić information content (AvgIpc) is 2.75. The van der Waals surface area contributed by atoms with Gasteiger partial charge in [0, 0.05) is 23.1 Å². The highest BCUT2D eigenvalue weighted by Crippen LogP contribution is 2.21. The Bertz CT molecular complexity index is 450. The Hall–Kier alpha value is -1.69. The molecule has 1 rings (SSSR count). The van der Waals surface area contributed by atoms with Crippen LogP contribution in [-0.4, -0.2) is 22.0 Å². The Morgan fingerprint density at radius 3 is 2.72 bits per heavy atom. The van der Waals surface area contributed by atoms with Gasteiger partial charge in [0.25, 0.3) is 0 Å². The second-order valence-corrected chi connectivity index (χ2v) is 4.80. The fourth-order valence-corrected chi connectivity index (χ4v) is 2.16. The lowest BCUT2D eigenvalue weighted by molar-refractivity contribution is -0.131. The Labute approximate surface area is 110 Å². The van der Waals surface area contributed by atoms with Gasteiger partial charge in [0.1, 0.15) is 0 Å². The van der Waals surface area contributed by atoms with Crippen molar-refractivity contribution < 1.29 is 14.7 Å². The summed E-state index contributed by atoms with van der Waals surface area (Å²) in [5, 5.41) is 11.7. The first-order valence-corrected chi connectivity index (χ1v) is 6.56. The number of carbonyl (C=O) groups excluding carboxylic acids is 1. The summed E-state index contributed by atoms with van der Waals surface area (Å²) < 4.78 is 0. The first-order chi connectivity index (χ1) is 8.56. The number of carbonyl (C=O) groups is 2. The molecule has 1 heterocycles. The van der Waals surface area contributed by atoms with Crippen LogP contribution in [0.15, 0.2) is 12.3 Å². The SMILES string of the molecule is CCC(CC)C(=O)Nc1ncc(/C=C/C(=O)O)s1. The maximum Gasteiger partial charge on any atom is 0.328 e. The van der Waals surface area contributed by atoms with Gasteiger partial charge in [0.15, 0.2) is 5.13 Å². The third kappa shape index (κ3) is 4.29. The Balaban J connectivity index is 2.64.